The lowest BCUT2D eigenvalue weighted by atomic mass is 9.66. The third-order valence-corrected chi connectivity index (χ3v) is 6.67. The predicted molar refractivity (Wildman–Crippen MR) is 116 cm³/mol. The van der Waals surface area contributed by atoms with Crippen LogP contribution in [0, 0.1) is 5.92 Å². The zero-order valence-corrected chi connectivity index (χ0v) is 17.1. The molecule has 0 bridgehead atoms. The van der Waals surface area contributed by atoms with Crippen molar-refractivity contribution in [3.05, 3.63) is 65.7 Å². The number of piperidine rings is 1. The smallest absolute Gasteiger partial charge is 0.160 e. The molecule has 2 N–H and O–H groups in total. The quantitative estimate of drug-likeness (QED) is 0.767. The van der Waals surface area contributed by atoms with Gasteiger partial charge < -0.3 is 14.9 Å². The molecule has 2 aromatic rings. The van der Waals surface area contributed by atoms with E-state index in [1.807, 2.05) is 30.3 Å². The first-order valence-electron chi connectivity index (χ1n) is 10.7. The molecule has 2 aromatic carbocycles. The summed E-state index contributed by atoms with van der Waals surface area (Å²) in [5.41, 5.74) is 1.72. The van der Waals surface area contributed by atoms with Gasteiger partial charge in [0.05, 0.1) is 12.7 Å². The van der Waals surface area contributed by atoms with Crippen LogP contribution >= 0.6 is 0 Å². The van der Waals surface area contributed by atoms with Crippen molar-refractivity contribution < 1.29 is 14.9 Å². The third-order valence-electron chi connectivity index (χ3n) is 6.67. The standard InChI is InChI=1S/C25H31NO3/c1-29-23-18-20(12-13-22(23)27)24-21-11-5-6-14-25(21,28)15-17-26(24)16-7-10-19-8-3-2-4-9-19/h2-4,7-10,12-13,18,21,24,27-28H,5-6,11,14-17H2,1H3/t21-,24+,25+/m1/s1. The van der Waals surface area contributed by atoms with Gasteiger partial charge in [0.15, 0.2) is 11.5 Å². The van der Waals surface area contributed by atoms with E-state index in [4.69, 9.17) is 4.74 Å². The Labute approximate surface area is 173 Å². The molecule has 4 rings (SSSR count). The number of rotatable bonds is 5. The molecule has 154 valence electrons. The zero-order chi connectivity index (χ0) is 20.3. The molecule has 0 unspecified atom stereocenters. The molecule has 1 saturated heterocycles. The Kier molecular flexibility index (Phi) is 5.93. The SMILES string of the molecule is COc1cc([C@H]2[C@H]3CCCC[C@]3(O)CCN2CC=Cc2ccccc2)ccc1O. The van der Waals surface area contributed by atoms with E-state index in [-0.39, 0.29) is 17.7 Å². The number of phenolic OH excluding ortho intramolecular Hbond substituents is 1. The second-order valence-electron chi connectivity index (χ2n) is 8.39. The average molecular weight is 394 g/mol. The van der Waals surface area contributed by atoms with Crippen molar-refractivity contribution >= 4 is 6.08 Å². The first kappa shape index (κ1) is 20.0. The number of phenols is 1. The highest BCUT2D eigenvalue weighted by Crippen LogP contribution is 2.50. The van der Waals surface area contributed by atoms with Gasteiger partial charge in [-0.1, -0.05) is 61.4 Å². The molecular weight excluding hydrogens is 362 g/mol. The minimum atomic E-state index is -0.590. The van der Waals surface area contributed by atoms with Gasteiger partial charge in [-0.15, -0.1) is 0 Å². The first-order chi connectivity index (χ1) is 14.1. The Bertz CT molecular complexity index is 850. The number of nitrogens with zero attached hydrogens (tertiary/aromatic N) is 1. The Balaban J connectivity index is 1.63. The van der Waals surface area contributed by atoms with Gasteiger partial charge in [-0.25, -0.2) is 0 Å². The molecule has 1 saturated carbocycles. The van der Waals surface area contributed by atoms with Crippen LogP contribution in [0.1, 0.15) is 49.3 Å². The van der Waals surface area contributed by atoms with Gasteiger partial charge in [-0.2, -0.15) is 0 Å². The van der Waals surface area contributed by atoms with Crippen molar-refractivity contribution in [1.29, 1.82) is 0 Å². The minimum absolute atomic E-state index is 0.115. The van der Waals surface area contributed by atoms with Gasteiger partial charge in [0.1, 0.15) is 0 Å². The number of aromatic hydroxyl groups is 1. The normalized spacial score (nSPS) is 27.7. The van der Waals surface area contributed by atoms with Gasteiger partial charge in [-0.3, -0.25) is 4.90 Å². The van der Waals surface area contributed by atoms with E-state index in [0.717, 1.165) is 50.8 Å². The highest BCUT2D eigenvalue weighted by Gasteiger charge is 2.48. The molecule has 0 amide bonds. The Hall–Kier alpha value is -2.30. The van der Waals surface area contributed by atoms with Crippen molar-refractivity contribution in [2.24, 2.45) is 5.92 Å². The third kappa shape index (κ3) is 4.19. The molecule has 4 nitrogen and oxygen atoms in total. The highest BCUT2D eigenvalue weighted by molar-refractivity contribution is 5.49. The van der Waals surface area contributed by atoms with Crippen molar-refractivity contribution in [2.75, 3.05) is 20.2 Å². The fourth-order valence-electron chi connectivity index (χ4n) is 5.16. The average Bonchev–Trinajstić information content (AvgIpc) is 2.75. The number of aliphatic hydroxyl groups is 1. The van der Waals surface area contributed by atoms with Crippen LogP contribution in [-0.2, 0) is 0 Å². The fraction of sp³-hybridized carbons (Fsp3) is 0.440. The number of hydrogen-bond donors (Lipinski definition) is 2. The first-order valence-corrected chi connectivity index (χ1v) is 10.7. The molecule has 0 aromatic heterocycles. The molecule has 1 aliphatic heterocycles. The number of benzene rings is 2. The van der Waals surface area contributed by atoms with Crippen LogP contribution in [0.4, 0.5) is 0 Å². The summed E-state index contributed by atoms with van der Waals surface area (Å²) in [6.07, 6.45) is 9.38. The molecule has 2 fully saturated rings. The van der Waals surface area contributed by atoms with Crippen LogP contribution in [0.5, 0.6) is 11.5 Å². The molecule has 0 spiro atoms. The number of ether oxygens (including phenoxy) is 1. The van der Waals surface area contributed by atoms with Gasteiger partial charge >= 0.3 is 0 Å². The summed E-state index contributed by atoms with van der Waals surface area (Å²) in [5, 5.41) is 21.5. The summed E-state index contributed by atoms with van der Waals surface area (Å²) < 4.78 is 5.37. The molecule has 4 heteroatoms. The number of methoxy groups -OCH3 is 1. The van der Waals surface area contributed by atoms with Crippen LogP contribution in [-0.4, -0.2) is 40.9 Å². The Morgan fingerprint density at radius 1 is 1.14 bits per heavy atom. The largest absolute Gasteiger partial charge is 0.504 e. The minimum Gasteiger partial charge on any atom is -0.504 e. The van der Waals surface area contributed by atoms with Gasteiger partial charge in [-0.05, 0) is 42.5 Å². The van der Waals surface area contributed by atoms with Crippen molar-refractivity contribution in [3.8, 4) is 11.5 Å². The molecular formula is C25H31NO3. The van der Waals surface area contributed by atoms with Crippen LogP contribution in [0.2, 0.25) is 0 Å². The maximum absolute atomic E-state index is 11.4. The van der Waals surface area contributed by atoms with Crippen molar-refractivity contribution in [3.63, 3.8) is 0 Å². The molecule has 29 heavy (non-hydrogen) atoms. The molecule has 0 radical (unpaired) electrons. The number of fused-ring (bicyclic) bond motifs is 1. The Morgan fingerprint density at radius 2 is 1.97 bits per heavy atom. The molecule has 1 heterocycles. The second kappa shape index (κ2) is 8.60. The van der Waals surface area contributed by atoms with Gasteiger partial charge in [0, 0.05) is 25.0 Å². The van der Waals surface area contributed by atoms with Crippen LogP contribution in [0.25, 0.3) is 6.08 Å². The van der Waals surface area contributed by atoms with Crippen LogP contribution in [0.15, 0.2) is 54.6 Å². The maximum Gasteiger partial charge on any atom is 0.160 e. The summed E-state index contributed by atoms with van der Waals surface area (Å²) in [6.45, 7) is 1.69. The summed E-state index contributed by atoms with van der Waals surface area (Å²) in [6, 6.07) is 16.1. The molecule has 3 atom stereocenters. The van der Waals surface area contributed by atoms with Gasteiger partial charge in [0.25, 0.3) is 0 Å². The molecule has 1 aliphatic carbocycles. The number of likely N-dealkylation sites (tertiary alicyclic amines) is 1. The van der Waals surface area contributed by atoms with Crippen LogP contribution < -0.4 is 4.74 Å². The highest BCUT2D eigenvalue weighted by atomic mass is 16.5. The van der Waals surface area contributed by atoms with E-state index in [1.165, 1.54) is 5.56 Å². The summed E-state index contributed by atoms with van der Waals surface area (Å²) in [7, 11) is 1.58. The van der Waals surface area contributed by atoms with E-state index in [2.05, 4.69) is 29.2 Å². The molecule has 2 aliphatic rings. The van der Waals surface area contributed by atoms with E-state index >= 15 is 0 Å². The summed E-state index contributed by atoms with van der Waals surface area (Å²) >= 11 is 0. The summed E-state index contributed by atoms with van der Waals surface area (Å²) in [4.78, 5) is 2.47. The van der Waals surface area contributed by atoms with Crippen LogP contribution in [0.3, 0.4) is 0 Å². The Morgan fingerprint density at radius 3 is 2.76 bits per heavy atom. The lowest BCUT2D eigenvalue weighted by Gasteiger charge is -2.52. The topological polar surface area (TPSA) is 52.9 Å². The number of hydrogen-bond acceptors (Lipinski definition) is 4. The summed E-state index contributed by atoms with van der Waals surface area (Å²) in [5.74, 6) is 0.845. The lowest BCUT2D eigenvalue weighted by molar-refractivity contribution is -0.122. The fourth-order valence-corrected chi connectivity index (χ4v) is 5.16. The van der Waals surface area contributed by atoms with E-state index in [9.17, 15) is 10.2 Å². The van der Waals surface area contributed by atoms with Crippen molar-refractivity contribution in [1.82, 2.24) is 4.90 Å². The second-order valence-corrected chi connectivity index (χ2v) is 8.39. The lowest BCUT2D eigenvalue weighted by Crippen LogP contribution is -2.54. The van der Waals surface area contributed by atoms with E-state index in [1.54, 1.807) is 13.2 Å². The predicted octanol–water partition coefficient (Wildman–Crippen LogP) is 4.78. The van der Waals surface area contributed by atoms with E-state index in [0.29, 0.717) is 5.75 Å². The monoisotopic (exact) mass is 393 g/mol. The van der Waals surface area contributed by atoms with E-state index < -0.39 is 5.60 Å². The van der Waals surface area contributed by atoms with Crippen molar-refractivity contribution in [2.45, 2.75) is 43.7 Å². The maximum atomic E-state index is 11.4. The zero-order valence-electron chi connectivity index (χ0n) is 17.1. The van der Waals surface area contributed by atoms with Gasteiger partial charge in [0.2, 0.25) is 0 Å².